The second-order valence-corrected chi connectivity index (χ2v) is 6.39. The van der Waals surface area contributed by atoms with Crippen molar-refractivity contribution in [3.05, 3.63) is 29.8 Å². The molecule has 0 saturated carbocycles. The zero-order valence-electron chi connectivity index (χ0n) is 12.7. The molecule has 0 N–H and O–H groups in total. The monoisotopic (exact) mass is 309 g/mol. The van der Waals surface area contributed by atoms with Crippen molar-refractivity contribution in [3.8, 4) is 5.75 Å². The summed E-state index contributed by atoms with van der Waals surface area (Å²) in [5.41, 5.74) is 0.745. The lowest BCUT2D eigenvalue weighted by Gasteiger charge is -2.35. The summed E-state index contributed by atoms with van der Waals surface area (Å²) in [6, 6.07) is 7.52. The number of ether oxygens (including phenoxy) is 1. The van der Waals surface area contributed by atoms with Crippen LogP contribution in [0.2, 0.25) is 0 Å². The molecule has 3 nitrogen and oxygen atoms in total. The van der Waals surface area contributed by atoms with Crippen LogP contribution in [-0.4, -0.2) is 36.4 Å². The maximum Gasteiger partial charge on any atom is 0.387 e. The molecule has 3 rings (SSSR count). The van der Waals surface area contributed by atoms with Gasteiger partial charge >= 0.3 is 6.61 Å². The molecule has 2 atom stereocenters. The lowest BCUT2D eigenvalue weighted by atomic mass is 9.85. The summed E-state index contributed by atoms with van der Waals surface area (Å²) in [6.07, 6.45) is 4.53. The fourth-order valence-electron chi connectivity index (χ4n) is 3.85. The van der Waals surface area contributed by atoms with Crippen LogP contribution in [0.4, 0.5) is 8.78 Å². The smallest absolute Gasteiger partial charge is 0.387 e. The Bertz CT molecular complexity index is 535. The van der Waals surface area contributed by atoms with Gasteiger partial charge in [-0.2, -0.15) is 8.78 Å². The van der Waals surface area contributed by atoms with Crippen LogP contribution in [0.15, 0.2) is 24.3 Å². The maximum atomic E-state index is 12.5. The number of piperidine rings is 1. The first-order chi connectivity index (χ1) is 10.5. The van der Waals surface area contributed by atoms with Crippen molar-refractivity contribution in [2.45, 2.75) is 50.8 Å². The molecule has 2 bridgehead atoms. The van der Waals surface area contributed by atoms with Crippen molar-refractivity contribution in [1.29, 1.82) is 0 Å². The predicted molar refractivity (Wildman–Crippen MR) is 79.1 cm³/mol. The van der Waals surface area contributed by atoms with E-state index in [9.17, 15) is 13.6 Å². The number of carbonyl (C=O) groups excluding carboxylic acids is 1. The van der Waals surface area contributed by atoms with Gasteiger partial charge in [-0.05, 0) is 50.4 Å². The lowest BCUT2D eigenvalue weighted by Crippen LogP contribution is -2.42. The molecule has 0 amide bonds. The summed E-state index contributed by atoms with van der Waals surface area (Å²) < 4.78 is 28.9. The molecule has 0 aromatic heterocycles. The molecular weight excluding hydrogens is 288 g/mol. The van der Waals surface area contributed by atoms with E-state index in [0.717, 1.165) is 18.4 Å². The van der Waals surface area contributed by atoms with E-state index in [1.165, 1.54) is 25.0 Å². The molecule has 2 heterocycles. The van der Waals surface area contributed by atoms with Gasteiger partial charge in [0, 0.05) is 24.4 Å². The predicted octanol–water partition coefficient (Wildman–Crippen LogP) is 3.27. The molecule has 22 heavy (non-hydrogen) atoms. The van der Waals surface area contributed by atoms with E-state index >= 15 is 0 Å². The Kier molecular flexibility index (Phi) is 4.43. The van der Waals surface area contributed by atoms with E-state index in [2.05, 4.69) is 16.7 Å². The SMILES string of the molecule is CN1C2CCC1CC(C(=O)Cc1cccc(OC(F)F)c1)C2. The first-order valence-electron chi connectivity index (χ1n) is 7.81. The van der Waals surface area contributed by atoms with Crippen molar-refractivity contribution in [3.63, 3.8) is 0 Å². The Labute approximate surface area is 129 Å². The number of fused-ring (bicyclic) bond motifs is 2. The van der Waals surface area contributed by atoms with Gasteiger partial charge in [-0.25, -0.2) is 0 Å². The first kappa shape index (κ1) is 15.4. The minimum absolute atomic E-state index is 0.105. The topological polar surface area (TPSA) is 29.5 Å². The second-order valence-electron chi connectivity index (χ2n) is 6.39. The summed E-state index contributed by atoms with van der Waals surface area (Å²) in [5.74, 6) is 0.441. The molecule has 1 aromatic carbocycles. The number of nitrogens with zero attached hydrogens (tertiary/aromatic N) is 1. The Morgan fingerprint density at radius 3 is 2.64 bits per heavy atom. The number of halogens is 2. The minimum atomic E-state index is -2.84. The Hall–Kier alpha value is -1.49. The number of benzene rings is 1. The Morgan fingerprint density at radius 2 is 2.00 bits per heavy atom. The van der Waals surface area contributed by atoms with Gasteiger partial charge in [0.15, 0.2) is 0 Å². The Morgan fingerprint density at radius 1 is 1.32 bits per heavy atom. The van der Waals surface area contributed by atoms with Crippen LogP contribution in [0.1, 0.15) is 31.2 Å². The van der Waals surface area contributed by atoms with Gasteiger partial charge in [-0.3, -0.25) is 4.79 Å². The molecule has 0 spiro atoms. The van der Waals surface area contributed by atoms with Crippen molar-refractivity contribution in [2.75, 3.05) is 7.05 Å². The van der Waals surface area contributed by atoms with Gasteiger partial charge in [0.25, 0.3) is 0 Å². The molecule has 0 aliphatic carbocycles. The summed E-state index contributed by atoms with van der Waals surface area (Å²) in [7, 11) is 2.15. The lowest BCUT2D eigenvalue weighted by molar-refractivity contribution is -0.124. The third-order valence-corrected chi connectivity index (χ3v) is 5.06. The molecule has 0 radical (unpaired) electrons. The van der Waals surface area contributed by atoms with E-state index in [0.29, 0.717) is 18.5 Å². The molecule has 2 aliphatic heterocycles. The van der Waals surface area contributed by atoms with Crippen molar-refractivity contribution in [1.82, 2.24) is 4.90 Å². The van der Waals surface area contributed by atoms with E-state index in [1.54, 1.807) is 12.1 Å². The maximum absolute atomic E-state index is 12.5. The molecule has 2 aliphatic rings. The Balaban J connectivity index is 1.62. The number of hydrogen-bond donors (Lipinski definition) is 0. The fraction of sp³-hybridized carbons (Fsp3) is 0.588. The van der Waals surface area contributed by atoms with Crippen LogP contribution in [0.25, 0.3) is 0 Å². The standard InChI is InChI=1S/C17H21F2NO2/c1-20-13-5-6-14(20)10-12(9-13)16(21)8-11-3-2-4-15(7-11)22-17(18)19/h2-4,7,12-14,17H,5-6,8-10H2,1H3. The third kappa shape index (κ3) is 3.29. The van der Waals surface area contributed by atoms with Gasteiger partial charge in [0.05, 0.1) is 0 Å². The zero-order chi connectivity index (χ0) is 15.7. The molecule has 5 heteroatoms. The normalized spacial score (nSPS) is 28.1. The number of alkyl halides is 2. The highest BCUT2D eigenvalue weighted by Gasteiger charge is 2.40. The molecule has 120 valence electrons. The van der Waals surface area contributed by atoms with Crippen molar-refractivity contribution < 1.29 is 18.3 Å². The zero-order valence-corrected chi connectivity index (χ0v) is 12.7. The van der Waals surface area contributed by atoms with Gasteiger partial charge < -0.3 is 9.64 Å². The molecule has 2 saturated heterocycles. The van der Waals surface area contributed by atoms with Crippen LogP contribution in [0.5, 0.6) is 5.75 Å². The molecule has 2 fully saturated rings. The van der Waals surface area contributed by atoms with Gasteiger partial charge in [0.2, 0.25) is 0 Å². The summed E-state index contributed by atoms with van der Waals surface area (Å²) in [5, 5.41) is 0. The highest BCUT2D eigenvalue weighted by atomic mass is 19.3. The van der Waals surface area contributed by atoms with Crippen molar-refractivity contribution in [2.24, 2.45) is 5.92 Å². The first-order valence-corrected chi connectivity index (χ1v) is 7.81. The van der Waals surface area contributed by atoms with Crippen LogP contribution in [0.3, 0.4) is 0 Å². The van der Waals surface area contributed by atoms with E-state index in [4.69, 9.17) is 0 Å². The minimum Gasteiger partial charge on any atom is -0.435 e. The van der Waals surface area contributed by atoms with Crippen molar-refractivity contribution >= 4 is 5.78 Å². The molecule has 1 aromatic rings. The van der Waals surface area contributed by atoms with Crippen LogP contribution in [-0.2, 0) is 11.2 Å². The molecular formula is C17H21F2NO2. The van der Waals surface area contributed by atoms with Gasteiger partial charge in [-0.1, -0.05) is 12.1 Å². The summed E-state index contributed by atoms with van der Waals surface area (Å²) in [6.45, 7) is -2.84. The number of rotatable bonds is 5. The van der Waals surface area contributed by atoms with Crippen LogP contribution in [0, 0.1) is 5.92 Å². The highest BCUT2D eigenvalue weighted by Crippen LogP contribution is 2.38. The molecule has 2 unspecified atom stereocenters. The van der Waals surface area contributed by atoms with E-state index in [1.807, 2.05) is 0 Å². The largest absolute Gasteiger partial charge is 0.435 e. The number of Topliss-reactive ketones (excluding diaryl/α,β-unsaturated/α-hetero) is 1. The average Bonchev–Trinajstić information content (AvgIpc) is 2.69. The fourth-order valence-corrected chi connectivity index (χ4v) is 3.85. The summed E-state index contributed by atoms with van der Waals surface area (Å²) in [4.78, 5) is 14.9. The number of carbonyl (C=O) groups is 1. The number of hydrogen-bond acceptors (Lipinski definition) is 3. The third-order valence-electron chi connectivity index (χ3n) is 5.06. The van der Waals surface area contributed by atoms with E-state index < -0.39 is 6.61 Å². The average molecular weight is 309 g/mol. The van der Waals surface area contributed by atoms with E-state index in [-0.39, 0.29) is 17.5 Å². The van der Waals surface area contributed by atoms with Crippen LogP contribution < -0.4 is 4.74 Å². The van der Waals surface area contributed by atoms with Gasteiger partial charge in [-0.15, -0.1) is 0 Å². The quantitative estimate of drug-likeness (QED) is 0.836. The second kappa shape index (κ2) is 6.32. The highest BCUT2D eigenvalue weighted by molar-refractivity contribution is 5.83. The summed E-state index contributed by atoms with van der Waals surface area (Å²) >= 11 is 0. The number of ketones is 1. The van der Waals surface area contributed by atoms with Crippen LogP contribution >= 0.6 is 0 Å². The van der Waals surface area contributed by atoms with Gasteiger partial charge in [0.1, 0.15) is 11.5 Å².